The number of nitrogens with zero attached hydrogens (tertiary/aromatic N) is 1. The summed E-state index contributed by atoms with van der Waals surface area (Å²) in [4.78, 5) is 41.4. The molecule has 0 bridgehead atoms. The number of halogens is 1. The molecule has 2 saturated heterocycles. The van der Waals surface area contributed by atoms with E-state index in [0.717, 1.165) is 5.75 Å². The fourth-order valence-corrected chi connectivity index (χ4v) is 5.64. The van der Waals surface area contributed by atoms with Gasteiger partial charge < -0.3 is 5.32 Å². The van der Waals surface area contributed by atoms with Crippen molar-refractivity contribution >= 4 is 46.8 Å². The Bertz CT molecular complexity index is 863. The van der Waals surface area contributed by atoms with Crippen LogP contribution in [-0.4, -0.2) is 46.7 Å². The molecule has 2 N–H and O–H groups in total. The lowest BCUT2D eigenvalue weighted by Crippen LogP contribution is -2.54. The van der Waals surface area contributed by atoms with Crippen LogP contribution in [0.5, 0.6) is 0 Å². The molecule has 0 radical (unpaired) electrons. The minimum atomic E-state index is -1.25. The minimum Gasteiger partial charge on any atom is -0.323 e. The second kappa shape index (κ2) is 7.04. The number of nitrogens with one attached hydrogen (secondary N) is 2. The van der Waals surface area contributed by atoms with Gasteiger partial charge in [-0.05, 0) is 37.8 Å². The van der Waals surface area contributed by atoms with Crippen molar-refractivity contribution in [3.05, 3.63) is 28.8 Å². The van der Waals surface area contributed by atoms with Crippen LogP contribution < -0.4 is 10.6 Å². The van der Waals surface area contributed by atoms with E-state index in [2.05, 4.69) is 10.6 Å². The fraction of sp³-hybridized carbons (Fsp3) is 0.550. The molecule has 8 heteroatoms. The number of amides is 3. The second-order valence-electron chi connectivity index (χ2n) is 7.76. The summed E-state index contributed by atoms with van der Waals surface area (Å²) in [6.07, 6.45) is 3.40. The lowest BCUT2D eigenvalue weighted by molar-refractivity contribution is -0.145. The molecular formula is C20H24ClN3O3S. The van der Waals surface area contributed by atoms with Crippen LogP contribution in [0.4, 0.5) is 5.69 Å². The number of thioether (sulfide) groups is 1. The molecule has 0 aromatic heterocycles. The second-order valence-corrected chi connectivity index (χ2v) is 9.16. The van der Waals surface area contributed by atoms with Gasteiger partial charge in [-0.3, -0.25) is 24.6 Å². The summed E-state index contributed by atoms with van der Waals surface area (Å²) < 4.78 is 0. The molecular weight excluding hydrogens is 398 g/mol. The number of rotatable bonds is 5. The third-order valence-corrected chi connectivity index (χ3v) is 7.36. The van der Waals surface area contributed by atoms with E-state index >= 15 is 0 Å². The Morgan fingerprint density at radius 2 is 2.04 bits per heavy atom. The van der Waals surface area contributed by atoms with Crippen LogP contribution in [0.3, 0.4) is 0 Å². The molecule has 1 aromatic rings. The van der Waals surface area contributed by atoms with Gasteiger partial charge in [-0.25, -0.2) is 0 Å². The summed E-state index contributed by atoms with van der Waals surface area (Å²) >= 11 is 8.00. The molecule has 6 nitrogen and oxygen atoms in total. The number of carbonyl (C=O) groups is 3. The zero-order valence-corrected chi connectivity index (χ0v) is 17.7. The molecule has 4 rings (SSSR count). The van der Waals surface area contributed by atoms with E-state index in [-0.39, 0.29) is 29.8 Å². The predicted octanol–water partition coefficient (Wildman–Crippen LogP) is 2.61. The van der Waals surface area contributed by atoms with Gasteiger partial charge >= 0.3 is 0 Å². The van der Waals surface area contributed by atoms with E-state index in [1.165, 1.54) is 4.90 Å². The topological polar surface area (TPSA) is 78.5 Å². The lowest BCUT2D eigenvalue weighted by Gasteiger charge is -2.31. The van der Waals surface area contributed by atoms with Crippen LogP contribution >= 0.6 is 23.4 Å². The van der Waals surface area contributed by atoms with Crippen molar-refractivity contribution < 1.29 is 14.4 Å². The average molecular weight is 422 g/mol. The van der Waals surface area contributed by atoms with Gasteiger partial charge in [0.1, 0.15) is 5.54 Å². The smallest absolute Gasteiger partial charge is 0.250 e. The van der Waals surface area contributed by atoms with Crippen molar-refractivity contribution in [2.75, 3.05) is 17.3 Å². The van der Waals surface area contributed by atoms with E-state index in [1.54, 1.807) is 23.9 Å². The van der Waals surface area contributed by atoms with Gasteiger partial charge in [0, 0.05) is 17.6 Å². The SMILES string of the molecule is CC[C@@H](C)N1C(=O)[C@@H]2[C@H](CCSC)N[C@]3(C(=O)Nc4c(Cl)cccc43)[C@@H]2C1=O. The number of carbonyl (C=O) groups excluding carboxylic acids is 3. The van der Waals surface area contributed by atoms with Crippen molar-refractivity contribution in [2.45, 2.75) is 44.3 Å². The highest BCUT2D eigenvalue weighted by Crippen LogP contribution is 2.54. The Hall–Kier alpha value is -1.57. The van der Waals surface area contributed by atoms with Crippen LogP contribution in [0, 0.1) is 11.8 Å². The molecule has 150 valence electrons. The number of likely N-dealkylation sites (tertiary alicyclic amines) is 1. The fourth-order valence-electron chi connectivity index (χ4n) is 4.93. The maximum Gasteiger partial charge on any atom is 0.250 e. The minimum absolute atomic E-state index is 0.164. The van der Waals surface area contributed by atoms with E-state index in [4.69, 9.17) is 11.6 Å². The summed E-state index contributed by atoms with van der Waals surface area (Å²) in [6.45, 7) is 3.84. The zero-order chi connectivity index (χ0) is 20.2. The zero-order valence-electron chi connectivity index (χ0n) is 16.1. The molecule has 1 spiro atoms. The molecule has 0 saturated carbocycles. The maximum atomic E-state index is 13.5. The van der Waals surface area contributed by atoms with Gasteiger partial charge in [-0.15, -0.1) is 0 Å². The van der Waals surface area contributed by atoms with Crippen molar-refractivity contribution in [3.63, 3.8) is 0 Å². The van der Waals surface area contributed by atoms with Crippen LogP contribution in [-0.2, 0) is 19.9 Å². The first-order valence-corrected chi connectivity index (χ1v) is 11.4. The van der Waals surface area contributed by atoms with Gasteiger partial charge in [0.2, 0.25) is 17.7 Å². The van der Waals surface area contributed by atoms with Crippen LogP contribution in [0.25, 0.3) is 0 Å². The lowest BCUT2D eigenvalue weighted by atomic mass is 9.76. The quantitative estimate of drug-likeness (QED) is 0.714. The average Bonchev–Trinajstić information content (AvgIpc) is 3.26. The Morgan fingerprint density at radius 1 is 1.29 bits per heavy atom. The van der Waals surface area contributed by atoms with Crippen molar-refractivity contribution in [3.8, 4) is 0 Å². The van der Waals surface area contributed by atoms with Crippen LogP contribution in [0.15, 0.2) is 18.2 Å². The third kappa shape index (κ3) is 2.49. The molecule has 2 fully saturated rings. The van der Waals surface area contributed by atoms with E-state index in [9.17, 15) is 14.4 Å². The molecule has 1 aromatic carbocycles. The molecule has 0 aliphatic carbocycles. The third-order valence-electron chi connectivity index (χ3n) is 6.40. The van der Waals surface area contributed by atoms with Crippen molar-refractivity contribution in [2.24, 2.45) is 11.8 Å². The largest absolute Gasteiger partial charge is 0.323 e. The number of para-hydroxylation sites is 1. The highest BCUT2D eigenvalue weighted by Gasteiger charge is 2.70. The summed E-state index contributed by atoms with van der Waals surface area (Å²) in [6, 6.07) is 4.89. The van der Waals surface area contributed by atoms with Gasteiger partial charge in [-0.1, -0.05) is 30.7 Å². The number of hydrogen-bond acceptors (Lipinski definition) is 5. The van der Waals surface area contributed by atoms with Crippen molar-refractivity contribution in [1.82, 2.24) is 10.2 Å². The molecule has 5 atom stereocenters. The summed E-state index contributed by atoms with van der Waals surface area (Å²) in [5.74, 6) is -1.17. The monoisotopic (exact) mass is 421 g/mol. The van der Waals surface area contributed by atoms with E-state index in [0.29, 0.717) is 29.1 Å². The van der Waals surface area contributed by atoms with Gasteiger partial charge in [0.25, 0.3) is 0 Å². The Kier molecular flexibility index (Phi) is 4.96. The first kappa shape index (κ1) is 19.7. The van der Waals surface area contributed by atoms with E-state index in [1.807, 2.05) is 26.2 Å². The summed E-state index contributed by atoms with van der Waals surface area (Å²) in [5, 5.41) is 6.72. The number of imide groups is 1. The number of fused-ring (bicyclic) bond motifs is 4. The van der Waals surface area contributed by atoms with Gasteiger partial charge in [0.05, 0.1) is 22.5 Å². The molecule has 3 amide bonds. The Balaban J connectivity index is 1.86. The van der Waals surface area contributed by atoms with Gasteiger partial charge in [0.15, 0.2) is 0 Å². The normalized spacial score (nSPS) is 32.1. The molecule has 3 aliphatic heterocycles. The number of anilines is 1. The molecule has 0 unspecified atom stereocenters. The number of hydrogen-bond donors (Lipinski definition) is 2. The first-order valence-electron chi connectivity index (χ1n) is 9.62. The summed E-state index contributed by atoms with van der Waals surface area (Å²) in [7, 11) is 0. The Labute approximate surface area is 173 Å². The standard InChI is InChI=1S/C20H24ClN3O3S/c1-4-10(2)24-17(25)14-13(8-9-28-3)23-20(15(14)18(24)26)11-6-5-7-12(21)16(11)22-19(20)27/h5-7,10,13-15,23H,4,8-9H2,1-3H3,(H,22,27)/t10-,13+,14-,15+,20+/m1/s1. The van der Waals surface area contributed by atoms with Crippen molar-refractivity contribution in [1.29, 1.82) is 0 Å². The highest BCUT2D eigenvalue weighted by molar-refractivity contribution is 7.98. The van der Waals surface area contributed by atoms with E-state index < -0.39 is 17.4 Å². The molecule has 3 aliphatic rings. The van der Waals surface area contributed by atoms with Gasteiger partial charge in [-0.2, -0.15) is 11.8 Å². The van der Waals surface area contributed by atoms with Crippen LogP contribution in [0.2, 0.25) is 5.02 Å². The van der Waals surface area contributed by atoms with Crippen LogP contribution in [0.1, 0.15) is 32.3 Å². The Morgan fingerprint density at radius 3 is 2.71 bits per heavy atom. The molecule has 3 heterocycles. The predicted molar refractivity (Wildman–Crippen MR) is 110 cm³/mol. The first-order chi connectivity index (χ1) is 13.4. The molecule has 28 heavy (non-hydrogen) atoms. The summed E-state index contributed by atoms with van der Waals surface area (Å²) in [5.41, 5.74) is -0.0462. The highest BCUT2D eigenvalue weighted by atomic mass is 35.5. The maximum absolute atomic E-state index is 13.5. The number of benzene rings is 1.